The first-order chi connectivity index (χ1) is 13.7. The summed E-state index contributed by atoms with van der Waals surface area (Å²) >= 11 is 6.09. The highest BCUT2D eigenvalue weighted by Gasteiger charge is 2.34. The number of carbonyl (C=O) groups is 1. The Kier molecular flexibility index (Phi) is 7.75. The summed E-state index contributed by atoms with van der Waals surface area (Å²) in [4.78, 5) is 13.1. The van der Waals surface area contributed by atoms with Gasteiger partial charge in [0.1, 0.15) is 17.5 Å². The van der Waals surface area contributed by atoms with Gasteiger partial charge in [-0.3, -0.25) is 9.10 Å². The number of benzene rings is 2. The number of halogens is 1. The van der Waals surface area contributed by atoms with E-state index in [-0.39, 0.29) is 12.1 Å². The molecule has 0 aliphatic heterocycles. The normalized spacial score (nSPS) is 12.2. The third-order valence-corrected chi connectivity index (χ3v) is 5.55. The van der Waals surface area contributed by atoms with Crippen LogP contribution in [-0.2, 0) is 14.8 Å². The molecule has 158 valence electrons. The molecule has 0 bridgehead atoms. The van der Waals surface area contributed by atoms with E-state index in [2.05, 4.69) is 5.32 Å². The lowest BCUT2D eigenvalue weighted by molar-refractivity contribution is -0.117. The van der Waals surface area contributed by atoms with Crippen LogP contribution in [0.2, 0.25) is 5.02 Å². The van der Waals surface area contributed by atoms with Crippen LogP contribution < -0.4 is 19.1 Å². The first-order valence-electron chi connectivity index (χ1n) is 9.08. The van der Waals surface area contributed by atoms with E-state index in [0.29, 0.717) is 28.8 Å². The Labute approximate surface area is 176 Å². The third-order valence-electron chi connectivity index (χ3n) is 4.15. The molecule has 0 aromatic heterocycles. The van der Waals surface area contributed by atoms with Crippen LogP contribution in [0, 0.1) is 0 Å². The smallest absolute Gasteiger partial charge is 0.248 e. The molecule has 7 nitrogen and oxygen atoms in total. The van der Waals surface area contributed by atoms with Crippen molar-refractivity contribution in [1.82, 2.24) is 0 Å². The van der Waals surface area contributed by atoms with E-state index >= 15 is 0 Å². The lowest BCUT2D eigenvalue weighted by Crippen LogP contribution is -2.47. The number of rotatable bonds is 9. The van der Waals surface area contributed by atoms with Crippen LogP contribution in [0.15, 0.2) is 42.5 Å². The second kappa shape index (κ2) is 9.84. The molecule has 2 aromatic carbocycles. The molecule has 0 fully saturated rings. The molecular weight excluding hydrogens is 416 g/mol. The van der Waals surface area contributed by atoms with E-state index in [1.54, 1.807) is 43.3 Å². The van der Waals surface area contributed by atoms with Crippen molar-refractivity contribution in [3.8, 4) is 11.5 Å². The van der Waals surface area contributed by atoms with Crippen LogP contribution in [0.1, 0.15) is 20.3 Å². The summed E-state index contributed by atoms with van der Waals surface area (Å²) in [7, 11) is -2.41. The molecule has 0 saturated heterocycles. The maximum Gasteiger partial charge on any atom is 0.248 e. The standard InChI is InChI=1S/C20H25ClN2O5S/c1-5-16(20(24)22-15-9-7-8-10-18(15)28-6-2)23(29(4,25)26)17-13-14(21)11-12-19(17)27-3/h7-13,16H,5-6H2,1-4H3,(H,22,24)/t16-/m0/s1. The van der Waals surface area contributed by atoms with Gasteiger partial charge < -0.3 is 14.8 Å². The summed E-state index contributed by atoms with van der Waals surface area (Å²) in [5, 5.41) is 3.10. The monoisotopic (exact) mass is 440 g/mol. The van der Waals surface area contributed by atoms with Gasteiger partial charge in [-0.15, -0.1) is 0 Å². The summed E-state index contributed by atoms with van der Waals surface area (Å²) < 4.78 is 37.2. The highest BCUT2D eigenvalue weighted by Crippen LogP contribution is 2.35. The summed E-state index contributed by atoms with van der Waals surface area (Å²) in [6.45, 7) is 4.00. The van der Waals surface area contributed by atoms with Crippen molar-refractivity contribution in [2.75, 3.05) is 29.6 Å². The third kappa shape index (κ3) is 5.55. The fourth-order valence-electron chi connectivity index (χ4n) is 2.94. The zero-order valence-corrected chi connectivity index (χ0v) is 18.4. The lowest BCUT2D eigenvalue weighted by atomic mass is 10.1. The molecule has 2 rings (SSSR count). The Morgan fingerprint density at radius 1 is 1.17 bits per heavy atom. The number of anilines is 2. The lowest BCUT2D eigenvalue weighted by Gasteiger charge is -2.31. The zero-order valence-electron chi connectivity index (χ0n) is 16.8. The molecule has 0 aliphatic carbocycles. The first-order valence-corrected chi connectivity index (χ1v) is 11.3. The van der Waals surface area contributed by atoms with Gasteiger partial charge in [0.05, 0.1) is 31.3 Å². The molecule has 0 spiro atoms. The average Bonchev–Trinajstić information content (AvgIpc) is 2.66. The molecule has 1 N–H and O–H groups in total. The van der Waals surface area contributed by atoms with Gasteiger partial charge in [0.2, 0.25) is 15.9 Å². The quantitative estimate of drug-likeness (QED) is 0.638. The Hall–Kier alpha value is -2.45. The number of hydrogen-bond donors (Lipinski definition) is 1. The molecule has 29 heavy (non-hydrogen) atoms. The van der Waals surface area contributed by atoms with Crippen LogP contribution in [-0.4, -0.2) is 40.3 Å². The first kappa shape index (κ1) is 22.8. The molecule has 0 radical (unpaired) electrons. The summed E-state index contributed by atoms with van der Waals surface area (Å²) in [6.07, 6.45) is 1.27. The average molecular weight is 441 g/mol. The number of carbonyl (C=O) groups excluding carboxylic acids is 1. The Morgan fingerprint density at radius 2 is 1.86 bits per heavy atom. The van der Waals surface area contributed by atoms with Gasteiger partial charge in [-0.25, -0.2) is 8.42 Å². The van der Waals surface area contributed by atoms with Crippen molar-refractivity contribution in [2.45, 2.75) is 26.3 Å². The molecular formula is C20H25ClN2O5S. The molecule has 0 aliphatic rings. The maximum atomic E-state index is 13.1. The number of nitrogens with zero attached hydrogens (tertiary/aromatic N) is 1. The van der Waals surface area contributed by atoms with E-state index in [0.717, 1.165) is 10.6 Å². The highest BCUT2D eigenvalue weighted by atomic mass is 35.5. The van der Waals surface area contributed by atoms with Gasteiger partial charge in [-0.05, 0) is 43.7 Å². The van der Waals surface area contributed by atoms with Crippen LogP contribution in [0.4, 0.5) is 11.4 Å². The molecule has 0 heterocycles. The number of nitrogens with one attached hydrogen (secondary N) is 1. The minimum Gasteiger partial charge on any atom is -0.495 e. The van der Waals surface area contributed by atoms with Gasteiger partial charge >= 0.3 is 0 Å². The van der Waals surface area contributed by atoms with Crippen molar-refractivity contribution >= 4 is 38.9 Å². The number of sulfonamides is 1. The van der Waals surface area contributed by atoms with E-state index < -0.39 is 22.0 Å². The van der Waals surface area contributed by atoms with Crippen molar-refractivity contribution in [1.29, 1.82) is 0 Å². The van der Waals surface area contributed by atoms with Crippen LogP contribution in [0.3, 0.4) is 0 Å². The maximum absolute atomic E-state index is 13.1. The van der Waals surface area contributed by atoms with Crippen molar-refractivity contribution in [2.24, 2.45) is 0 Å². The van der Waals surface area contributed by atoms with Crippen molar-refractivity contribution in [3.63, 3.8) is 0 Å². The second-order valence-electron chi connectivity index (χ2n) is 6.22. The van der Waals surface area contributed by atoms with E-state index in [1.165, 1.54) is 13.2 Å². The number of ether oxygens (including phenoxy) is 2. The van der Waals surface area contributed by atoms with Crippen LogP contribution in [0.25, 0.3) is 0 Å². The molecule has 0 saturated carbocycles. The SMILES string of the molecule is CCOc1ccccc1NC(=O)[C@H](CC)N(c1cc(Cl)ccc1OC)S(C)(=O)=O. The van der Waals surface area contributed by atoms with Crippen molar-refractivity contribution < 1.29 is 22.7 Å². The van der Waals surface area contributed by atoms with Gasteiger partial charge in [0.15, 0.2) is 0 Å². The Balaban J connectivity index is 2.48. The van der Waals surface area contributed by atoms with Crippen molar-refractivity contribution in [3.05, 3.63) is 47.5 Å². The van der Waals surface area contributed by atoms with Crippen LogP contribution in [0.5, 0.6) is 11.5 Å². The fourth-order valence-corrected chi connectivity index (χ4v) is 4.31. The highest BCUT2D eigenvalue weighted by molar-refractivity contribution is 7.92. The Bertz CT molecular complexity index is 965. The molecule has 1 atom stereocenters. The van der Waals surface area contributed by atoms with Crippen LogP contribution >= 0.6 is 11.6 Å². The minimum atomic E-state index is -3.83. The van der Waals surface area contributed by atoms with Gasteiger partial charge in [0, 0.05) is 5.02 Å². The van der Waals surface area contributed by atoms with E-state index in [1.807, 2.05) is 6.92 Å². The number of para-hydroxylation sites is 2. The number of amides is 1. The molecule has 9 heteroatoms. The summed E-state index contributed by atoms with van der Waals surface area (Å²) in [6, 6.07) is 10.6. The topological polar surface area (TPSA) is 84.9 Å². The number of hydrogen-bond acceptors (Lipinski definition) is 5. The Morgan fingerprint density at radius 3 is 2.45 bits per heavy atom. The van der Waals surface area contributed by atoms with Gasteiger partial charge in [-0.1, -0.05) is 30.7 Å². The summed E-state index contributed by atoms with van der Waals surface area (Å²) in [5.41, 5.74) is 0.659. The molecule has 0 unspecified atom stereocenters. The van der Waals surface area contributed by atoms with E-state index in [9.17, 15) is 13.2 Å². The van der Waals surface area contributed by atoms with Gasteiger partial charge in [-0.2, -0.15) is 0 Å². The molecule has 2 aromatic rings. The van der Waals surface area contributed by atoms with E-state index in [4.69, 9.17) is 21.1 Å². The van der Waals surface area contributed by atoms with Gasteiger partial charge in [0.25, 0.3) is 0 Å². The largest absolute Gasteiger partial charge is 0.495 e. The summed E-state index contributed by atoms with van der Waals surface area (Å²) in [5.74, 6) is 0.303. The number of methoxy groups -OCH3 is 1. The fraction of sp³-hybridized carbons (Fsp3) is 0.350. The minimum absolute atomic E-state index is 0.197. The predicted octanol–water partition coefficient (Wildman–Crippen LogP) is 3.93. The second-order valence-corrected chi connectivity index (χ2v) is 8.51. The predicted molar refractivity (Wildman–Crippen MR) is 116 cm³/mol. The zero-order chi connectivity index (χ0) is 21.6. The molecule has 1 amide bonds.